The van der Waals surface area contributed by atoms with E-state index in [0.29, 0.717) is 6.54 Å². The number of morpholine rings is 1. The molecule has 5 heteroatoms. The van der Waals surface area contributed by atoms with E-state index in [1.807, 2.05) is 18.2 Å². The van der Waals surface area contributed by atoms with E-state index >= 15 is 0 Å². The van der Waals surface area contributed by atoms with Crippen molar-refractivity contribution in [2.75, 3.05) is 24.5 Å². The Morgan fingerprint density at radius 2 is 2.05 bits per heavy atom. The lowest BCUT2D eigenvalue weighted by molar-refractivity contribution is -0.00547. The summed E-state index contributed by atoms with van der Waals surface area (Å²) < 4.78 is 7.96. The van der Waals surface area contributed by atoms with Crippen molar-refractivity contribution >= 4 is 11.5 Å². The predicted molar refractivity (Wildman–Crippen MR) is 80.2 cm³/mol. The van der Waals surface area contributed by atoms with Crippen molar-refractivity contribution in [3.8, 4) is 0 Å². The summed E-state index contributed by atoms with van der Waals surface area (Å²) in [5.74, 6) is 1.06. The largest absolute Gasteiger partial charge is 0.372 e. The Labute approximate surface area is 119 Å². The number of pyridine rings is 1. The van der Waals surface area contributed by atoms with Crippen molar-refractivity contribution in [2.24, 2.45) is 5.73 Å². The van der Waals surface area contributed by atoms with Crippen LogP contribution < -0.4 is 10.6 Å². The summed E-state index contributed by atoms with van der Waals surface area (Å²) in [6.07, 6.45) is 3.36. The molecule has 0 bridgehead atoms. The fourth-order valence-electron chi connectivity index (χ4n) is 3.01. The molecule has 5 nitrogen and oxygen atoms in total. The molecule has 3 heterocycles. The summed E-state index contributed by atoms with van der Waals surface area (Å²) in [4.78, 5) is 7.13. The summed E-state index contributed by atoms with van der Waals surface area (Å²) in [6.45, 7) is 6.62. The minimum atomic E-state index is 0.231. The molecule has 1 aliphatic rings. The van der Waals surface area contributed by atoms with Crippen LogP contribution in [0.25, 0.3) is 5.65 Å². The molecule has 2 unspecified atom stereocenters. The fourth-order valence-corrected chi connectivity index (χ4v) is 3.01. The Kier molecular flexibility index (Phi) is 3.63. The highest BCUT2D eigenvalue weighted by Crippen LogP contribution is 2.25. The number of ether oxygens (including phenoxy) is 1. The van der Waals surface area contributed by atoms with Gasteiger partial charge in [-0.25, -0.2) is 4.98 Å². The van der Waals surface area contributed by atoms with Crippen LogP contribution in [0.2, 0.25) is 0 Å². The first-order valence-electron chi connectivity index (χ1n) is 7.25. The van der Waals surface area contributed by atoms with E-state index in [9.17, 15) is 0 Å². The number of anilines is 1. The Bertz CT molecular complexity index is 585. The van der Waals surface area contributed by atoms with E-state index < -0.39 is 0 Å². The molecule has 0 aromatic carbocycles. The van der Waals surface area contributed by atoms with E-state index in [1.165, 1.54) is 5.69 Å². The second-order valence-corrected chi connectivity index (χ2v) is 5.51. The molecule has 0 saturated carbocycles. The van der Waals surface area contributed by atoms with Gasteiger partial charge >= 0.3 is 0 Å². The highest BCUT2D eigenvalue weighted by molar-refractivity contribution is 5.56. The highest BCUT2D eigenvalue weighted by Gasteiger charge is 2.26. The first kappa shape index (κ1) is 13.4. The highest BCUT2D eigenvalue weighted by atomic mass is 16.5. The molecule has 0 radical (unpaired) electrons. The third-order valence-electron chi connectivity index (χ3n) is 3.71. The van der Waals surface area contributed by atoms with Crippen molar-refractivity contribution < 1.29 is 4.74 Å². The van der Waals surface area contributed by atoms with Crippen molar-refractivity contribution in [1.29, 1.82) is 0 Å². The molecule has 2 aromatic rings. The van der Waals surface area contributed by atoms with E-state index in [4.69, 9.17) is 15.5 Å². The molecule has 2 aromatic heterocycles. The second kappa shape index (κ2) is 5.42. The monoisotopic (exact) mass is 274 g/mol. The van der Waals surface area contributed by atoms with Crippen LogP contribution >= 0.6 is 0 Å². The molecule has 20 heavy (non-hydrogen) atoms. The fraction of sp³-hybridized carbons (Fsp3) is 0.533. The van der Waals surface area contributed by atoms with Gasteiger partial charge in [-0.05, 0) is 32.5 Å². The van der Waals surface area contributed by atoms with Gasteiger partial charge in [0.2, 0.25) is 0 Å². The molecular weight excluding hydrogens is 252 g/mol. The number of hydrogen-bond acceptors (Lipinski definition) is 4. The summed E-state index contributed by atoms with van der Waals surface area (Å²) in [5.41, 5.74) is 7.96. The van der Waals surface area contributed by atoms with Crippen molar-refractivity contribution in [3.05, 3.63) is 30.1 Å². The van der Waals surface area contributed by atoms with Crippen LogP contribution in [0.15, 0.2) is 24.4 Å². The van der Waals surface area contributed by atoms with Crippen LogP contribution in [0.3, 0.4) is 0 Å². The number of nitrogens with two attached hydrogens (primary N) is 1. The molecule has 1 aliphatic heterocycles. The van der Waals surface area contributed by atoms with Gasteiger partial charge < -0.3 is 19.8 Å². The maximum atomic E-state index is 5.81. The first-order valence-corrected chi connectivity index (χ1v) is 7.25. The van der Waals surface area contributed by atoms with Gasteiger partial charge in [-0.15, -0.1) is 0 Å². The Balaban J connectivity index is 2.03. The van der Waals surface area contributed by atoms with Gasteiger partial charge in [0.05, 0.1) is 17.9 Å². The molecule has 1 fully saturated rings. The average molecular weight is 274 g/mol. The summed E-state index contributed by atoms with van der Waals surface area (Å²) in [7, 11) is 0. The van der Waals surface area contributed by atoms with Crippen molar-refractivity contribution in [3.63, 3.8) is 0 Å². The molecule has 1 saturated heterocycles. The Morgan fingerprint density at radius 3 is 2.75 bits per heavy atom. The second-order valence-electron chi connectivity index (χ2n) is 5.51. The van der Waals surface area contributed by atoms with Crippen LogP contribution in [0.5, 0.6) is 0 Å². The van der Waals surface area contributed by atoms with Gasteiger partial charge in [0.15, 0.2) is 5.82 Å². The maximum absolute atomic E-state index is 5.81. The lowest BCUT2D eigenvalue weighted by atomic mass is 10.2. The minimum absolute atomic E-state index is 0.231. The smallest absolute Gasteiger partial charge is 0.151 e. The maximum Gasteiger partial charge on any atom is 0.151 e. The van der Waals surface area contributed by atoms with Crippen LogP contribution in [-0.2, 0) is 11.2 Å². The zero-order valence-electron chi connectivity index (χ0n) is 12.1. The van der Waals surface area contributed by atoms with Crippen molar-refractivity contribution in [1.82, 2.24) is 9.38 Å². The van der Waals surface area contributed by atoms with Crippen LogP contribution in [0.1, 0.15) is 19.5 Å². The number of fused-ring (bicyclic) bond motifs is 1. The molecule has 0 aliphatic carbocycles. The summed E-state index contributed by atoms with van der Waals surface area (Å²) in [5, 5.41) is 0. The van der Waals surface area contributed by atoms with Gasteiger partial charge in [0.1, 0.15) is 5.65 Å². The SMILES string of the molecule is CC1CN(c2nc3ccccn3c2CCN)CC(C)O1. The molecule has 3 rings (SSSR count). The zero-order chi connectivity index (χ0) is 14.1. The van der Waals surface area contributed by atoms with E-state index in [2.05, 4.69) is 29.3 Å². The number of rotatable bonds is 3. The third kappa shape index (κ3) is 2.39. The van der Waals surface area contributed by atoms with Crippen molar-refractivity contribution in [2.45, 2.75) is 32.5 Å². The quantitative estimate of drug-likeness (QED) is 0.920. The van der Waals surface area contributed by atoms with Crippen LogP contribution in [-0.4, -0.2) is 41.2 Å². The molecule has 0 amide bonds. The Morgan fingerprint density at radius 1 is 1.30 bits per heavy atom. The van der Waals surface area contributed by atoms with E-state index in [-0.39, 0.29) is 12.2 Å². The van der Waals surface area contributed by atoms with Gasteiger partial charge in [-0.2, -0.15) is 0 Å². The number of hydrogen-bond donors (Lipinski definition) is 1. The lowest BCUT2D eigenvalue weighted by Crippen LogP contribution is -2.46. The minimum Gasteiger partial charge on any atom is -0.372 e. The van der Waals surface area contributed by atoms with Gasteiger partial charge in [0.25, 0.3) is 0 Å². The summed E-state index contributed by atoms with van der Waals surface area (Å²) >= 11 is 0. The third-order valence-corrected chi connectivity index (χ3v) is 3.71. The van der Waals surface area contributed by atoms with Gasteiger partial charge in [0, 0.05) is 25.7 Å². The molecule has 108 valence electrons. The predicted octanol–water partition coefficient (Wildman–Crippen LogP) is 1.45. The zero-order valence-corrected chi connectivity index (χ0v) is 12.1. The van der Waals surface area contributed by atoms with E-state index in [0.717, 1.165) is 31.0 Å². The van der Waals surface area contributed by atoms with E-state index in [1.54, 1.807) is 0 Å². The first-order chi connectivity index (χ1) is 9.69. The molecular formula is C15H22N4O. The average Bonchev–Trinajstić information content (AvgIpc) is 2.77. The van der Waals surface area contributed by atoms with Crippen LogP contribution in [0, 0.1) is 0 Å². The van der Waals surface area contributed by atoms with Gasteiger partial charge in [-0.1, -0.05) is 6.07 Å². The molecule has 2 atom stereocenters. The lowest BCUT2D eigenvalue weighted by Gasteiger charge is -2.36. The Hall–Kier alpha value is -1.59. The number of nitrogens with zero attached hydrogens (tertiary/aromatic N) is 3. The standard InChI is InChI=1S/C15H22N4O/c1-11-9-18(10-12(2)20-11)15-13(6-7-16)19-8-4-3-5-14(19)17-15/h3-5,8,11-12H,6-7,9-10,16H2,1-2H3. The normalized spacial score (nSPS) is 23.4. The molecule has 0 spiro atoms. The number of aromatic nitrogens is 2. The molecule has 2 N–H and O–H groups in total. The number of imidazole rings is 1. The van der Waals surface area contributed by atoms with Gasteiger partial charge in [-0.3, -0.25) is 0 Å². The van der Waals surface area contributed by atoms with Crippen LogP contribution in [0.4, 0.5) is 5.82 Å². The topological polar surface area (TPSA) is 55.8 Å². The summed E-state index contributed by atoms with van der Waals surface area (Å²) in [6, 6.07) is 6.09.